The van der Waals surface area contributed by atoms with E-state index in [0.717, 1.165) is 18.5 Å². The maximum Gasteiger partial charge on any atom is 0.261 e. The molecule has 1 aliphatic carbocycles. The summed E-state index contributed by atoms with van der Waals surface area (Å²) in [6, 6.07) is 0. The van der Waals surface area contributed by atoms with Crippen LogP contribution in [0.1, 0.15) is 41.6 Å². The number of hydrogen-bond donors (Lipinski definition) is 2. The monoisotopic (exact) mass is 338 g/mol. The first-order valence-electron chi connectivity index (χ1n) is 8.07. The van der Waals surface area contributed by atoms with E-state index in [2.05, 4.69) is 37.5 Å². The topological polar surface area (TPSA) is 106 Å². The van der Waals surface area contributed by atoms with Crippen LogP contribution in [0.4, 0.5) is 11.6 Å². The van der Waals surface area contributed by atoms with Gasteiger partial charge in [-0.2, -0.15) is 0 Å². The molecule has 8 heteroatoms. The van der Waals surface area contributed by atoms with Gasteiger partial charge in [-0.05, 0) is 33.6 Å². The average Bonchev–Trinajstić information content (AvgIpc) is 3.16. The van der Waals surface area contributed by atoms with Crippen molar-refractivity contribution in [2.24, 2.45) is 0 Å². The molecule has 4 rings (SSSR count). The molecule has 3 aromatic heterocycles. The minimum Gasteiger partial charge on any atom is -0.442 e. The Morgan fingerprint density at radius 3 is 2.76 bits per heavy atom. The summed E-state index contributed by atoms with van der Waals surface area (Å²) >= 11 is 0. The fourth-order valence-electron chi connectivity index (χ4n) is 2.71. The van der Waals surface area contributed by atoms with E-state index in [-0.39, 0.29) is 11.4 Å². The highest BCUT2D eigenvalue weighted by atomic mass is 16.3. The predicted octanol–water partition coefficient (Wildman–Crippen LogP) is 2.85. The lowest BCUT2D eigenvalue weighted by atomic mass is 10.1. The van der Waals surface area contributed by atoms with Crippen molar-refractivity contribution in [3.8, 4) is 0 Å². The number of anilines is 2. The molecule has 0 unspecified atom stereocenters. The van der Waals surface area contributed by atoms with Gasteiger partial charge in [-0.15, -0.1) is 0 Å². The Morgan fingerprint density at radius 2 is 2.04 bits per heavy atom. The summed E-state index contributed by atoms with van der Waals surface area (Å²) in [6.07, 6.45) is 6.70. The van der Waals surface area contributed by atoms with Crippen molar-refractivity contribution in [1.82, 2.24) is 19.9 Å². The third-order valence-electron chi connectivity index (χ3n) is 4.31. The van der Waals surface area contributed by atoms with Crippen LogP contribution in [-0.4, -0.2) is 31.4 Å². The summed E-state index contributed by atoms with van der Waals surface area (Å²) in [5, 5.41) is 6.75. The molecule has 0 bridgehead atoms. The molecule has 2 N–H and O–H groups in total. The summed E-state index contributed by atoms with van der Waals surface area (Å²) < 4.78 is 5.67. The molecule has 128 valence electrons. The van der Waals surface area contributed by atoms with Crippen LogP contribution in [-0.2, 0) is 0 Å². The SMILES string of the molecule is Cc1cncc(NC(=O)c2c(C)oc3ncnc(NC4(C)CC4)c23)n1. The van der Waals surface area contributed by atoms with E-state index in [0.29, 0.717) is 34.1 Å². The summed E-state index contributed by atoms with van der Waals surface area (Å²) in [7, 11) is 0. The highest BCUT2D eigenvalue weighted by molar-refractivity contribution is 6.15. The van der Waals surface area contributed by atoms with Crippen molar-refractivity contribution in [3.63, 3.8) is 0 Å². The lowest BCUT2D eigenvalue weighted by Gasteiger charge is -2.13. The number of amides is 1. The van der Waals surface area contributed by atoms with Crippen LogP contribution >= 0.6 is 0 Å². The first-order chi connectivity index (χ1) is 12.0. The number of carbonyl (C=O) groups excluding carboxylic acids is 1. The number of nitrogens with zero attached hydrogens (tertiary/aromatic N) is 4. The summed E-state index contributed by atoms with van der Waals surface area (Å²) in [5.41, 5.74) is 1.53. The van der Waals surface area contributed by atoms with Gasteiger partial charge >= 0.3 is 0 Å². The Bertz CT molecular complexity index is 976. The minimum atomic E-state index is -0.324. The van der Waals surface area contributed by atoms with Crippen LogP contribution < -0.4 is 10.6 Å². The standard InChI is InChI=1S/C17H18N6O2/c1-9-6-18-7-11(21-9)22-15(24)12-10(2)25-16-13(12)14(19-8-20-16)23-17(3)4-5-17/h6-8H,4-5H2,1-3H3,(H,19,20,23)(H,21,22,24). The third kappa shape index (κ3) is 2.90. The van der Waals surface area contributed by atoms with Crippen molar-refractivity contribution in [2.45, 2.75) is 39.2 Å². The van der Waals surface area contributed by atoms with E-state index >= 15 is 0 Å². The summed E-state index contributed by atoms with van der Waals surface area (Å²) in [5.74, 6) is 1.16. The van der Waals surface area contributed by atoms with Crippen LogP contribution in [0.25, 0.3) is 11.1 Å². The number of aryl methyl sites for hydroxylation is 2. The maximum absolute atomic E-state index is 12.8. The van der Waals surface area contributed by atoms with Crippen molar-refractivity contribution in [3.05, 3.63) is 35.7 Å². The van der Waals surface area contributed by atoms with Gasteiger partial charge in [-0.25, -0.2) is 15.0 Å². The van der Waals surface area contributed by atoms with Crippen LogP contribution in [0.3, 0.4) is 0 Å². The molecular weight excluding hydrogens is 320 g/mol. The Morgan fingerprint density at radius 1 is 1.24 bits per heavy atom. The van der Waals surface area contributed by atoms with Gasteiger partial charge < -0.3 is 15.1 Å². The van der Waals surface area contributed by atoms with E-state index in [4.69, 9.17) is 4.42 Å². The predicted molar refractivity (Wildman–Crippen MR) is 92.5 cm³/mol. The van der Waals surface area contributed by atoms with Gasteiger partial charge in [0.15, 0.2) is 5.82 Å². The molecule has 1 aliphatic rings. The molecular formula is C17H18N6O2. The van der Waals surface area contributed by atoms with Crippen LogP contribution in [0, 0.1) is 13.8 Å². The van der Waals surface area contributed by atoms with Gasteiger partial charge in [0.1, 0.15) is 17.9 Å². The van der Waals surface area contributed by atoms with Gasteiger partial charge in [0.25, 0.3) is 5.91 Å². The second-order valence-corrected chi connectivity index (χ2v) is 6.62. The first kappa shape index (κ1) is 15.5. The number of furan rings is 1. The highest BCUT2D eigenvalue weighted by Crippen LogP contribution is 2.40. The number of rotatable bonds is 4. The summed E-state index contributed by atoms with van der Waals surface area (Å²) in [4.78, 5) is 29.6. The number of nitrogens with one attached hydrogen (secondary N) is 2. The second kappa shape index (κ2) is 5.51. The minimum absolute atomic E-state index is 0.0161. The van der Waals surface area contributed by atoms with E-state index in [1.807, 2.05) is 6.92 Å². The lowest BCUT2D eigenvalue weighted by molar-refractivity contribution is 0.102. The molecule has 3 heterocycles. The zero-order valence-corrected chi connectivity index (χ0v) is 14.3. The molecule has 0 saturated heterocycles. The first-order valence-corrected chi connectivity index (χ1v) is 8.07. The van der Waals surface area contributed by atoms with Crippen LogP contribution in [0.15, 0.2) is 23.1 Å². The van der Waals surface area contributed by atoms with E-state index in [1.165, 1.54) is 12.5 Å². The highest BCUT2D eigenvalue weighted by Gasteiger charge is 2.38. The normalized spacial score (nSPS) is 15.2. The van der Waals surface area contributed by atoms with E-state index in [9.17, 15) is 4.79 Å². The number of fused-ring (bicyclic) bond motifs is 1. The van der Waals surface area contributed by atoms with Gasteiger partial charge in [0.05, 0.1) is 22.8 Å². The fraction of sp³-hybridized carbons (Fsp3) is 0.353. The number of hydrogen-bond acceptors (Lipinski definition) is 7. The molecule has 0 aromatic carbocycles. The molecule has 3 aromatic rings. The Hall–Kier alpha value is -3.03. The molecule has 0 aliphatic heterocycles. The lowest BCUT2D eigenvalue weighted by Crippen LogP contribution is -2.19. The molecule has 1 saturated carbocycles. The van der Waals surface area contributed by atoms with Crippen molar-refractivity contribution in [1.29, 1.82) is 0 Å². The number of carbonyl (C=O) groups is 1. The zero-order valence-electron chi connectivity index (χ0n) is 14.3. The molecule has 8 nitrogen and oxygen atoms in total. The average molecular weight is 338 g/mol. The van der Waals surface area contributed by atoms with Crippen molar-refractivity contribution >= 4 is 28.6 Å². The third-order valence-corrected chi connectivity index (χ3v) is 4.31. The van der Waals surface area contributed by atoms with Crippen molar-refractivity contribution in [2.75, 3.05) is 10.6 Å². The smallest absolute Gasteiger partial charge is 0.261 e. The molecule has 1 fully saturated rings. The number of aromatic nitrogens is 4. The van der Waals surface area contributed by atoms with Gasteiger partial charge in [-0.3, -0.25) is 9.78 Å². The summed E-state index contributed by atoms with van der Waals surface area (Å²) in [6.45, 7) is 5.67. The quantitative estimate of drug-likeness (QED) is 0.753. The Balaban J connectivity index is 1.75. The van der Waals surface area contributed by atoms with Gasteiger partial charge in [0.2, 0.25) is 5.71 Å². The second-order valence-electron chi connectivity index (χ2n) is 6.62. The Labute approximate surface area is 144 Å². The van der Waals surface area contributed by atoms with Crippen LogP contribution in [0.2, 0.25) is 0 Å². The van der Waals surface area contributed by atoms with Crippen molar-refractivity contribution < 1.29 is 9.21 Å². The largest absolute Gasteiger partial charge is 0.442 e. The maximum atomic E-state index is 12.8. The van der Waals surface area contributed by atoms with E-state index < -0.39 is 0 Å². The fourth-order valence-corrected chi connectivity index (χ4v) is 2.71. The molecule has 0 radical (unpaired) electrons. The van der Waals surface area contributed by atoms with Crippen LogP contribution in [0.5, 0.6) is 0 Å². The zero-order chi connectivity index (χ0) is 17.6. The molecule has 0 atom stereocenters. The molecule has 0 spiro atoms. The Kier molecular flexibility index (Phi) is 3.41. The van der Waals surface area contributed by atoms with Gasteiger partial charge in [-0.1, -0.05) is 0 Å². The van der Waals surface area contributed by atoms with Gasteiger partial charge in [0, 0.05) is 11.7 Å². The van der Waals surface area contributed by atoms with E-state index in [1.54, 1.807) is 13.1 Å². The molecule has 1 amide bonds. The molecule has 25 heavy (non-hydrogen) atoms.